The lowest BCUT2D eigenvalue weighted by molar-refractivity contribution is 0.509. The minimum Gasteiger partial charge on any atom is -0.312 e. The Kier molecular flexibility index (Phi) is 8.35. The van der Waals surface area contributed by atoms with E-state index in [1.807, 2.05) is 18.2 Å². The van der Waals surface area contributed by atoms with Gasteiger partial charge >= 0.3 is 0 Å². The maximum absolute atomic E-state index is 6.79. The van der Waals surface area contributed by atoms with Crippen LogP contribution in [0.1, 0.15) is 53.9 Å². The first-order valence-electron chi connectivity index (χ1n) is 18.5. The minimum atomic E-state index is -0.334. The molecule has 1 aliphatic carbocycles. The molecule has 0 aliphatic heterocycles. The van der Waals surface area contributed by atoms with Crippen molar-refractivity contribution < 1.29 is 0 Å². The van der Waals surface area contributed by atoms with Gasteiger partial charge in [-0.05, 0) is 101 Å². The highest BCUT2D eigenvalue weighted by atomic mass is 15.0. The summed E-state index contributed by atoms with van der Waals surface area (Å²) < 4.78 is 0. The van der Waals surface area contributed by atoms with Crippen LogP contribution in [-0.2, 0) is 5.41 Å². The summed E-state index contributed by atoms with van der Waals surface area (Å²) in [4.78, 5) is 0. The van der Waals surface area contributed by atoms with E-state index >= 15 is 0 Å². The Hall–Kier alpha value is -6.06. The summed E-state index contributed by atoms with van der Waals surface area (Å²) in [5.74, 6) is 0. The van der Waals surface area contributed by atoms with Crippen molar-refractivity contribution in [1.29, 1.82) is 0 Å². The third kappa shape index (κ3) is 6.06. The molecule has 0 saturated carbocycles. The van der Waals surface area contributed by atoms with E-state index in [9.17, 15) is 0 Å². The van der Waals surface area contributed by atoms with Crippen LogP contribution < -0.4 is 11.1 Å². The molecule has 1 aliphatic rings. The van der Waals surface area contributed by atoms with Gasteiger partial charge in [-0.3, -0.25) is 5.32 Å². The molecule has 0 heterocycles. The van der Waals surface area contributed by atoms with Gasteiger partial charge in [-0.2, -0.15) is 0 Å². The molecule has 256 valence electrons. The fraction of sp³-hybridized carbons (Fsp3) is 0.0980. The standard InChI is InChI=1S/C51H42N2/c1-51(2)46-24-12-23-44(49(46)45-32-38-16-6-7-17-39(38)33-47(45)51)36-28-25-34(26-29-36)27-30-48(53-50(52)37-14-4-3-5-15-37)41-20-10-19-40(31-41)43-22-11-18-35-13-8-9-21-42(35)43/h3-33,48,50,53H,52H2,1-2H3/b30-27+. The number of nitrogens with one attached hydrogen (secondary N) is 1. The number of nitrogens with two attached hydrogens (primary N) is 1. The Morgan fingerprint density at radius 3 is 1.96 bits per heavy atom. The van der Waals surface area contributed by atoms with Crippen molar-refractivity contribution in [2.24, 2.45) is 5.73 Å². The molecule has 2 nitrogen and oxygen atoms in total. The fourth-order valence-electron chi connectivity index (χ4n) is 8.28. The minimum absolute atomic E-state index is 0.0685. The summed E-state index contributed by atoms with van der Waals surface area (Å²) in [7, 11) is 0. The van der Waals surface area contributed by atoms with Crippen LogP contribution in [0.15, 0.2) is 182 Å². The van der Waals surface area contributed by atoms with Crippen molar-refractivity contribution in [2.45, 2.75) is 31.5 Å². The second-order valence-electron chi connectivity index (χ2n) is 14.8. The Balaban J connectivity index is 1.06. The Morgan fingerprint density at radius 1 is 0.509 bits per heavy atom. The molecule has 0 fully saturated rings. The molecule has 8 aromatic carbocycles. The highest BCUT2D eigenvalue weighted by Crippen LogP contribution is 2.53. The highest BCUT2D eigenvalue weighted by molar-refractivity contribution is 5.99. The summed E-state index contributed by atoms with van der Waals surface area (Å²) in [6.07, 6.45) is 4.12. The van der Waals surface area contributed by atoms with Crippen molar-refractivity contribution in [3.63, 3.8) is 0 Å². The van der Waals surface area contributed by atoms with Crippen LogP contribution in [0.4, 0.5) is 0 Å². The van der Waals surface area contributed by atoms with Gasteiger partial charge in [0.15, 0.2) is 0 Å². The predicted molar refractivity (Wildman–Crippen MR) is 225 cm³/mol. The summed E-state index contributed by atoms with van der Waals surface area (Å²) >= 11 is 0. The van der Waals surface area contributed by atoms with Gasteiger partial charge in [-0.1, -0.05) is 184 Å². The molecule has 0 spiro atoms. The Morgan fingerprint density at radius 2 is 1.15 bits per heavy atom. The summed E-state index contributed by atoms with van der Waals surface area (Å²) in [5.41, 5.74) is 20.5. The lowest BCUT2D eigenvalue weighted by Crippen LogP contribution is -2.31. The third-order valence-electron chi connectivity index (χ3n) is 11.1. The van der Waals surface area contributed by atoms with Gasteiger partial charge in [0.05, 0.1) is 12.2 Å². The number of fused-ring (bicyclic) bond motifs is 5. The quantitative estimate of drug-likeness (QED) is 0.157. The van der Waals surface area contributed by atoms with E-state index in [0.717, 1.165) is 16.7 Å². The van der Waals surface area contributed by atoms with Crippen molar-refractivity contribution in [3.8, 4) is 33.4 Å². The van der Waals surface area contributed by atoms with Crippen LogP contribution in [0.3, 0.4) is 0 Å². The van der Waals surface area contributed by atoms with E-state index in [1.54, 1.807) is 0 Å². The number of hydrogen-bond acceptors (Lipinski definition) is 2. The van der Waals surface area contributed by atoms with Crippen molar-refractivity contribution in [1.82, 2.24) is 5.32 Å². The molecule has 2 atom stereocenters. The number of rotatable bonds is 8. The van der Waals surface area contributed by atoms with E-state index in [0.29, 0.717) is 0 Å². The number of benzene rings is 8. The van der Waals surface area contributed by atoms with Crippen molar-refractivity contribution in [3.05, 3.63) is 210 Å². The first kappa shape index (κ1) is 32.8. The molecule has 2 unspecified atom stereocenters. The predicted octanol–water partition coefficient (Wildman–Crippen LogP) is 12.6. The van der Waals surface area contributed by atoms with Crippen LogP contribution in [0, 0.1) is 0 Å². The average molecular weight is 683 g/mol. The first-order valence-corrected chi connectivity index (χ1v) is 18.5. The maximum atomic E-state index is 6.79. The molecule has 53 heavy (non-hydrogen) atoms. The van der Waals surface area contributed by atoms with Gasteiger partial charge in [-0.15, -0.1) is 0 Å². The summed E-state index contributed by atoms with van der Waals surface area (Å²) in [6, 6.07) is 63.3. The molecule has 9 rings (SSSR count). The first-order chi connectivity index (χ1) is 25.9. The van der Waals surface area contributed by atoms with Gasteiger partial charge in [0.1, 0.15) is 0 Å². The van der Waals surface area contributed by atoms with Crippen LogP contribution in [0.25, 0.3) is 61.0 Å². The van der Waals surface area contributed by atoms with Crippen molar-refractivity contribution >= 4 is 27.6 Å². The molecule has 0 aromatic heterocycles. The normalized spacial score (nSPS) is 14.3. The van der Waals surface area contributed by atoms with Gasteiger partial charge in [-0.25, -0.2) is 0 Å². The summed E-state index contributed by atoms with van der Waals surface area (Å²) in [5, 5.41) is 8.78. The Labute approximate surface area is 312 Å². The molecular weight excluding hydrogens is 641 g/mol. The van der Waals surface area contributed by atoms with E-state index in [-0.39, 0.29) is 17.6 Å². The second kappa shape index (κ2) is 13.5. The Bertz CT molecular complexity index is 2630. The fourth-order valence-corrected chi connectivity index (χ4v) is 8.28. The molecule has 3 N–H and O–H groups in total. The monoisotopic (exact) mass is 682 g/mol. The molecule has 0 amide bonds. The van der Waals surface area contributed by atoms with Crippen molar-refractivity contribution in [2.75, 3.05) is 0 Å². The highest BCUT2D eigenvalue weighted by Gasteiger charge is 2.37. The van der Waals surface area contributed by atoms with Crippen LogP contribution in [0.5, 0.6) is 0 Å². The molecule has 0 bridgehead atoms. The van der Waals surface area contributed by atoms with Gasteiger partial charge in [0, 0.05) is 5.41 Å². The SMILES string of the molecule is CC1(C)c2cc3ccccc3cc2-c2c(-c3ccc(/C=C/C(NC(N)c4ccccc4)c4cccc(-c5cccc6ccccc56)c4)cc3)cccc21. The van der Waals surface area contributed by atoms with E-state index in [4.69, 9.17) is 5.73 Å². The molecular formula is C51H42N2. The molecule has 0 saturated heterocycles. The van der Waals surface area contributed by atoms with E-state index in [1.165, 1.54) is 66.1 Å². The summed E-state index contributed by atoms with van der Waals surface area (Å²) in [6.45, 7) is 4.71. The average Bonchev–Trinajstić information content (AvgIpc) is 3.44. The third-order valence-corrected chi connectivity index (χ3v) is 11.1. The zero-order valence-corrected chi connectivity index (χ0v) is 30.1. The van der Waals surface area contributed by atoms with Crippen LogP contribution in [-0.4, -0.2) is 0 Å². The smallest absolute Gasteiger partial charge is 0.0817 e. The molecule has 8 aromatic rings. The lowest BCUT2D eigenvalue weighted by Gasteiger charge is -2.22. The van der Waals surface area contributed by atoms with E-state index < -0.39 is 0 Å². The molecule has 2 heteroatoms. The topological polar surface area (TPSA) is 38.0 Å². The van der Waals surface area contributed by atoms with Gasteiger partial charge < -0.3 is 5.73 Å². The lowest BCUT2D eigenvalue weighted by atomic mass is 9.81. The molecule has 0 radical (unpaired) electrons. The van der Waals surface area contributed by atoms with Gasteiger partial charge in [0.25, 0.3) is 0 Å². The van der Waals surface area contributed by atoms with E-state index in [2.05, 4.69) is 189 Å². The second-order valence-corrected chi connectivity index (χ2v) is 14.8. The number of hydrogen-bond donors (Lipinski definition) is 2. The maximum Gasteiger partial charge on any atom is 0.0817 e. The van der Waals surface area contributed by atoms with Gasteiger partial charge in [0.2, 0.25) is 0 Å². The van der Waals surface area contributed by atoms with Crippen LogP contribution >= 0.6 is 0 Å². The largest absolute Gasteiger partial charge is 0.312 e. The zero-order chi connectivity index (χ0) is 35.9. The zero-order valence-electron chi connectivity index (χ0n) is 30.1. The van der Waals surface area contributed by atoms with Crippen LogP contribution in [0.2, 0.25) is 0 Å².